The molecule has 0 N–H and O–H groups in total. The largest absolute Gasteiger partial charge is 0.487 e. The van der Waals surface area contributed by atoms with Crippen LogP contribution in [0.3, 0.4) is 0 Å². The third-order valence-corrected chi connectivity index (χ3v) is 7.51. The van der Waals surface area contributed by atoms with Crippen LogP contribution in [0.5, 0.6) is 5.75 Å². The number of pyridine rings is 1. The van der Waals surface area contributed by atoms with Crippen LogP contribution in [0.2, 0.25) is 5.02 Å². The van der Waals surface area contributed by atoms with Crippen LogP contribution in [0.15, 0.2) is 91.5 Å². The zero-order chi connectivity index (χ0) is 28.3. The van der Waals surface area contributed by atoms with Gasteiger partial charge in [-0.1, -0.05) is 54.1 Å². The van der Waals surface area contributed by atoms with Gasteiger partial charge in [0, 0.05) is 40.5 Å². The van der Waals surface area contributed by atoms with Gasteiger partial charge in [-0.2, -0.15) is 0 Å². The van der Waals surface area contributed by atoms with E-state index >= 15 is 0 Å². The van der Waals surface area contributed by atoms with Gasteiger partial charge in [0.25, 0.3) is 0 Å². The Labute approximate surface area is 240 Å². The average molecular weight is 553 g/mol. The molecule has 0 atom stereocenters. The van der Waals surface area contributed by atoms with Gasteiger partial charge < -0.3 is 14.0 Å². The molecule has 0 aliphatic carbocycles. The minimum Gasteiger partial charge on any atom is -0.487 e. The number of esters is 1. The van der Waals surface area contributed by atoms with Crippen molar-refractivity contribution in [2.45, 2.75) is 39.8 Å². The second-order valence-electron chi connectivity index (χ2n) is 10.6. The number of aromatic nitrogens is 2. The number of nitrogens with zero attached hydrogens (tertiary/aromatic N) is 2. The molecule has 5 rings (SSSR count). The Morgan fingerprint density at radius 2 is 1.82 bits per heavy atom. The molecule has 0 amide bonds. The normalized spacial score (nSPS) is 11.6. The van der Waals surface area contributed by atoms with E-state index in [4.69, 9.17) is 26.1 Å². The van der Waals surface area contributed by atoms with Crippen molar-refractivity contribution in [3.05, 3.63) is 119 Å². The third-order valence-electron chi connectivity index (χ3n) is 7.26. The maximum atomic E-state index is 12.7. The fourth-order valence-electron chi connectivity index (χ4n) is 5.20. The first-order valence-corrected chi connectivity index (χ1v) is 13.7. The SMILES string of the molecule is C=CCn1c(CC(C)(C)C(=O)OC)c(Cc2ccc(Cl)cc2)c2ccc(OCc3ccc4ccccc4n3)cc21. The number of allylic oxidation sites excluding steroid dienone is 1. The molecule has 6 heteroatoms. The second kappa shape index (κ2) is 11.6. The van der Waals surface area contributed by atoms with Gasteiger partial charge in [0.2, 0.25) is 0 Å². The number of para-hydroxylation sites is 1. The summed E-state index contributed by atoms with van der Waals surface area (Å²) in [7, 11) is 1.44. The summed E-state index contributed by atoms with van der Waals surface area (Å²) in [5.74, 6) is 0.509. The van der Waals surface area contributed by atoms with Crippen LogP contribution < -0.4 is 4.74 Å². The molecule has 2 heterocycles. The van der Waals surface area contributed by atoms with Crippen molar-refractivity contribution in [2.24, 2.45) is 5.41 Å². The maximum absolute atomic E-state index is 12.7. The molecule has 0 aliphatic heterocycles. The van der Waals surface area contributed by atoms with Gasteiger partial charge in [-0.3, -0.25) is 4.79 Å². The molecule has 2 aromatic heterocycles. The molecule has 40 heavy (non-hydrogen) atoms. The van der Waals surface area contributed by atoms with Gasteiger partial charge in [-0.05, 0) is 67.8 Å². The predicted octanol–water partition coefficient (Wildman–Crippen LogP) is 7.94. The molecule has 0 spiro atoms. The van der Waals surface area contributed by atoms with E-state index in [0.29, 0.717) is 31.0 Å². The van der Waals surface area contributed by atoms with E-state index < -0.39 is 5.41 Å². The van der Waals surface area contributed by atoms with Crippen LogP contribution in [0.25, 0.3) is 21.8 Å². The van der Waals surface area contributed by atoms with Crippen LogP contribution in [0.1, 0.15) is 36.4 Å². The van der Waals surface area contributed by atoms with Gasteiger partial charge in [0.1, 0.15) is 12.4 Å². The number of benzene rings is 3. The molecule has 0 bridgehead atoms. The summed E-state index contributed by atoms with van der Waals surface area (Å²) in [6.45, 7) is 8.81. The quantitative estimate of drug-likeness (QED) is 0.130. The monoisotopic (exact) mass is 552 g/mol. The molecule has 204 valence electrons. The van der Waals surface area contributed by atoms with Crippen molar-refractivity contribution < 1.29 is 14.3 Å². The van der Waals surface area contributed by atoms with Crippen molar-refractivity contribution in [2.75, 3.05) is 7.11 Å². The Balaban J connectivity index is 1.55. The zero-order valence-electron chi connectivity index (χ0n) is 23.1. The lowest BCUT2D eigenvalue weighted by Gasteiger charge is -2.23. The molecule has 5 nitrogen and oxygen atoms in total. The topological polar surface area (TPSA) is 53.4 Å². The number of methoxy groups -OCH3 is 1. The van der Waals surface area contributed by atoms with Crippen LogP contribution in [-0.2, 0) is 35.5 Å². The molecule has 0 fully saturated rings. The zero-order valence-corrected chi connectivity index (χ0v) is 23.9. The van der Waals surface area contributed by atoms with E-state index in [1.54, 1.807) is 0 Å². The number of hydrogen-bond acceptors (Lipinski definition) is 4. The highest BCUT2D eigenvalue weighted by molar-refractivity contribution is 6.30. The summed E-state index contributed by atoms with van der Waals surface area (Å²) in [5.41, 5.74) is 5.52. The molecule has 0 unspecified atom stereocenters. The van der Waals surface area contributed by atoms with E-state index in [0.717, 1.165) is 44.5 Å². The average Bonchev–Trinajstić information content (AvgIpc) is 3.23. The first-order valence-electron chi connectivity index (χ1n) is 13.3. The van der Waals surface area contributed by atoms with E-state index in [9.17, 15) is 4.79 Å². The highest BCUT2D eigenvalue weighted by Gasteiger charge is 2.32. The highest BCUT2D eigenvalue weighted by Crippen LogP contribution is 2.36. The number of halogens is 1. The standard InChI is InChI=1S/C34H33ClN2O3/c1-5-18-37-31-20-27(40-22-26-15-12-24-8-6-7-9-30(24)36-26)16-17-28(31)29(19-23-10-13-25(35)14-11-23)32(37)21-34(2,3)33(38)39-4/h5-17,20H,1,18-19,21-22H2,2-4H3. The molecule has 0 aliphatic rings. The molecule has 5 aromatic rings. The van der Waals surface area contributed by atoms with Crippen LogP contribution in [0.4, 0.5) is 0 Å². The van der Waals surface area contributed by atoms with Crippen LogP contribution in [-0.4, -0.2) is 22.6 Å². The van der Waals surface area contributed by atoms with Gasteiger partial charge in [-0.15, -0.1) is 6.58 Å². The van der Waals surface area contributed by atoms with Crippen molar-refractivity contribution in [1.82, 2.24) is 9.55 Å². The van der Waals surface area contributed by atoms with E-state index in [1.165, 1.54) is 12.7 Å². The van der Waals surface area contributed by atoms with Crippen molar-refractivity contribution in [3.8, 4) is 5.75 Å². The summed E-state index contributed by atoms with van der Waals surface area (Å²) in [6, 6.07) is 26.2. The summed E-state index contributed by atoms with van der Waals surface area (Å²) in [5, 5.41) is 2.92. The molecule has 0 saturated heterocycles. The van der Waals surface area contributed by atoms with Crippen LogP contribution >= 0.6 is 11.6 Å². The molecular formula is C34H33ClN2O3. The number of ether oxygens (including phenoxy) is 2. The second-order valence-corrected chi connectivity index (χ2v) is 11.1. The van der Waals surface area contributed by atoms with Gasteiger partial charge in [0.15, 0.2) is 0 Å². The first-order chi connectivity index (χ1) is 19.3. The Morgan fingerprint density at radius 1 is 1.05 bits per heavy atom. The summed E-state index contributed by atoms with van der Waals surface area (Å²) >= 11 is 6.16. The van der Waals surface area contributed by atoms with Gasteiger partial charge in [0.05, 0.1) is 29.3 Å². The minimum atomic E-state index is -0.710. The summed E-state index contributed by atoms with van der Waals surface area (Å²) < 4.78 is 13.6. The molecular weight excluding hydrogens is 520 g/mol. The third kappa shape index (κ3) is 5.75. The Kier molecular flexibility index (Phi) is 7.95. The lowest BCUT2D eigenvalue weighted by molar-refractivity contribution is -0.150. The number of fused-ring (bicyclic) bond motifs is 2. The summed E-state index contributed by atoms with van der Waals surface area (Å²) in [6.07, 6.45) is 3.10. The Bertz CT molecular complexity index is 1690. The fraction of sp³-hybridized carbons (Fsp3) is 0.235. The lowest BCUT2D eigenvalue weighted by Crippen LogP contribution is -2.29. The van der Waals surface area contributed by atoms with Crippen LogP contribution in [0, 0.1) is 5.41 Å². The van der Waals surface area contributed by atoms with Gasteiger partial charge in [-0.25, -0.2) is 4.98 Å². The molecule has 3 aromatic carbocycles. The van der Waals surface area contributed by atoms with Gasteiger partial charge >= 0.3 is 5.97 Å². The summed E-state index contributed by atoms with van der Waals surface area (Å²) in [4.78, 5) is 17.4. The Morgan fingerprint density at radius 3 is 2.58 bits per heavy atom. The number of carbonyl (C=O) groups excluding carboxylic acids is 1. The Hall–Kier alpha value is -4.09. The van der Waals surface area contributed by atoms with Crippen molar-refractivity contribution >= 4 is 39.4 Å². The number of carbonyl (C=O) groups is 1. The lowest BCUT2D eigenvalue weighted by atomic mass is 9.85. The number of hydrogen-bond donors (Lipinski definition) is 0. The van der Waals surface area contributed by atoms with Crippen molar-refractivity contribution in [3.63, 3.8) is 0 Å². The van der Waals surface area contributed by atoms with E-state index in [1.807, 2.05) is 74.5 Å². The van der Waals surface area contributed by atoms with E-state index in [2.05, 4.69) is 35.4 Å². The number of rotatable bonds is 10. The smallest absolute Gasteiger partial charge is 0.311 e. The fourth-order valence-corrected chi connectivity index (χ4v) is 5.33. The molecule has 0 saturated carbocycles. The van der Waals surface area contributed by atoms with Crippen molar-refractivity contribution in [1.29, 1.82) is 0 Å². The first kappa shape index (κ1) is 27.5. The highest BCUT2D eigenvalue weighted by atomic mass is 35.5. The predicted molar refractivity (Wildman–Crippen MR) is 162 cm³/mol. The van der Waals surface area contributed by atoms with E-state index in [-0.39, 0.29) is 5.97 Å². The maximum Gasteiger partial charge on any atom is 0.311 e. The molecule has 0 radical (unpaired) electrons. The minimum absolute atomic E-state index is 0.243.